The van der Waals surface area contributed by atoms with Gasteiger partial charge in [0.25, 0.3) is 0 Å². The van der Waals surface area contributed by atoms with Crippen molar-refractivity contribution in [2.24, 2.45) is 5.92 Å². The lowest BCUT2D eigenvalue weighted by Crippen LogP contribution is -2.33. The minimum absolute atomic E-state index is 0.109. The van der Waals surface area contributed by atoms with Gasteiger partial charge in [0.15, 0.2) is 0 Å². The first-order valence-corrected chi connectivity index (χ1v) is 7.26. The molecule has 0 aliphatic carbocycles. The first-order valence-electron chi connectivity index (χ1n) is 6.88. The van der Waals surface area contributed by atoms with Gasteiger partial charge in [-0.25, -0.2) is 0 Å². The molecule has 0 saturated carbocycles. The number of hydrogen-bond acceptors (Lipinski definition) is 3. The standard InChI is InChI=1S/C15H22ClNO2/c1-18-10-8-17-11-12-5-4-9-19-15(12)13-6-2-3-7-14(13)16/h2-3,6-7,12,15,17H,4-5,8-11H2,1H3. The van der Waals surface area contributed by atoms with Crippen LogP contribution in [0, 0.1) is 5.92 Å². The molecule has 1 heterocycles. The molecule has 0 spiro atoms. The molecule has 4 heteroatoms. The molecule has 106 valence electrons. The molecule has 2 rings (SSSR count). The molecule has 1 aromatic carbocycles. The van der Waals surface area contributed by atoms with E-state index >= 15 is 0 Å². The van der Waals surface area contributed by atoms with Gasteiger partial charge in [-0.3, -0.25) is 0 Å². The zero-order chi connectivity index (χ0) is 13.5. The molecule has 1 aliphatic rings. The Hall–Kier alpha value is -0.610. The van der Waals surface area contributed by atoms with Crippen molar-refractivity contribution in [3.05, 3.63) is 34.9 Å². The summed E-state index contributed by atoms with van der Waals surface area (Å²) in [6.07, 6.45) is 2.41. The highest BCUT2D eigenvalue weighted by Crippen LogP contribution is 2.36. The highest BCUT2D eigenvalue weighted by atomic mass is 35.5. The smallest absolute Gasteiger partial charge is 0.0879 e. The van der Waals surface area contributed by atoms with E-state index in [1.807, 2.05) is 18.2 Å². The Labute approximate surface area is 120 Å². The van der Waals surface area contributed by atoms with Crippen LogP contribution in [-0.2, 0) is 9.47 Å². The van der Waals surface area contributed by atoms with Crippen molar-refractivity contribution < 1.29 is 9.47 Å². The van der Waals surface area contributed by atoms with Gasteiger partial charge in [0, 0.05) is 37.7 Å². The number of ether oxygens (including phenoxy) is 2. The van der Waals surface area contributed by atoms with Crippen LogP contribution in [0.1, 0.15) is 24.5 Å². The lowest BCUT2D eigenvalue weighted by Gasteiger charge is -2.32. The topological polar surface area (TPSA) is 30.5 Å². The summed E-state index contributed by atoms with van der Waals surface area (Å²) in [6.45, 7) is 3.39. The van der Waals surface area contributed by atoms with Crippen LogP contribution < -0.4 is 5.32 Å². The molecule has 2 unspecified atom stereocenters. The molecule has 1 aliphatic heterocycles. The zero-order valence-corrected chi connectivity index (χ0v) is 12.2. The van der Waals surface area contributed by atoms with Gasteiger partial charge in [-0.1, -0.05) is 29.8 Å². The number of nitrogens with one attached hydrogen (secondary N) is 1. The van der Waals surface area contributed by atoms with Crippen LogP contribution in [-0.4, -0.2) is 33.4 Å². The maximum atomic E-state index is 6.29. The van der Waals surface area contributed by atoms with Gasteiger partial charge < -0.3 is 14.8 Å². The molecule has 2 atom stereocenters. The lowest BCUT2D eigenvalue weighted by molar-refractivity contribution is -0.0279. The Bertz CT molecular complexity index is 386. The van der Waals surface area contributed by atoms with E-state index in [1.165, 1.54) is 6.42 Å². The number of rotatable bonds is 6. The van der Waals surface area contributed by atoms with Crippen LogP contribution >= 0.6 is 11.6 Å². The summed E-state index contributed by atoms with van der Waals surface area (Å²) < 4.78 is 11.0. The van der Waals surface area contributed by atoms with Crippen molar-refractivity contribution in [1.82, 2.24) is 5.32 Å². The molecule has 1 aromatic rings. The third-order valence-electron chi connectivity index (χ3n) is 3.55. The Kier molecular flexibility index (Phi) is 6.11. The van der Waals surface area contributed by atoms with Crippen LogP contribution in [0.3, 0.4) is 0 Å². The lowest BCUT2D eigenvalue weighted by atomic mass is 9.89. The maximum absolute atomic E-state index is 6.29. The fourth-order valence-corrected chi connectivity index (χ4v) is 2.81. The zero-order valence-electron chi connectivity index (χ0n) is 11.4. The van der Waals surface area contributed by atoms with Gasteiger partial charge >= 0.3 is 0 Å². The predicted molar refractivity (Wildman–Crippen MR) is 77.6 cm³/mol. The van der Waals surface area contributed by atoms with Crippen LogP contribution in [0.5, 0.6) is 0 Å². The maximum Gasteiger partial charge on any atom is 0.0879 e. The average molecular weight is 284 g/mol. The van der Waals surface area contributed by atoms with Gasteiger partial charge in [0.1, 0.15) is 0 Å². The van der Waals surface area contributed by atoms with E-state index < -0.39 is 0 Å². The van der Waals surface area contributed by atoms with Crippen molar-refractivity contribution >= 4 is 11.6 Å². The van der Waals surface area contributed by atoms with Gasteiger partial charge in [-0.2, -0.15) is 0 Å². The summed E-state index contributed by atoms with van der Waals surface area (Å²) in [4.78, 5) is 0. The Morgan fingerprint density at radius 3 is 3.05 bits per heavy atom. The fraction of sp³-hybridized carbons (Fsp3) is 0.600. The highest BCUT2D eigenvalue weighted by molar-refractivity contribution is 6.31. The van der Waals surface area contributed by atoms with Crippen molar-refractivity contribution in [3.63, 3.8) is 0 Å². The molecule has 1 N–H and O–H groups in total. The number of methoxy groups -OCH3 is 1. The van der Waals surface area contributed by atoms with E-state index in [9.17, 15) is 0 Å². The van der Waals surface area contributed by atoms with Gasteiger partial charge in [-0.05, 0) is 24.5 Å². The van der Waals surface area contributed by atoms with E-state index in [-0.39, 0.29) is 6.10 Å². The second-order valence-electron chi connectivity index (χ2n) is 4.91. The monoisotopic (exact) mass is 283 g/mol. The Morgan fingerprint density at radius 1 is 1.42 bits per heavy atom. The van der Waals surface area contributed by atoms with Crippen molar-refractivity contribution in [3.8, 4) is 0 Å². The van der Waals surface area contributed by atoms with Crippen LogP contribution in [0.15, 0.2) is 24.3 Å². The summed E-state index contributed by atoms with van der Waals surface area (Å²) in [7, 11) is 1.72. The molecular formula is C15H22ClNO2. The summed E-state index contributed by atoms with van der Waals surface area (Å²) >= 11 is 6.29. The minimum Gasteiger partial charge on any atom is -0.383 e. The second kappa shape index (κ2) is 7.85. The number of benzene rings is 1. The first-order chi connectivity index (χ1) is 9.33. The van der Waals surface area contributed by atoms with E-state index in [2.05, 4.69) is 11.4 Å². The van der Waals surface area contributed by atoms with Gasteiger partial charge in [0.05, 0.1) is 12.7 Å². The molecule has 3 nitrogen and oxygen atoms in total. The third-order valence-corrected chi connectivity index (χ3v) is 3.89. The molecule has 0 radical (unpaired) electrons. The molecule has 0 bridgehead atoms. The van der Waals surface area contributed by atoms with E-state index in [0.29, 0.717) is 5.92 Å². The summed E-state index contributed by atoms with van der Waals surface area (Å²) in [5.41, 5.74) is 1.11. The van der Waals surface area contributed by atoms with Crippen LogP contribution in [0.4, 0.5) is 0 Å². The average Bonchev–Trinajstić information content (AvgIpc) is 2.45. The second-order valence-corrected chi connectivity index (χ2v) is 5.32. The van der Waals surface area contributed by atoms with Crippen molar-refractivity contribution in [2.45, 2.75) is 18.9 Å². The van der Waals surface area contributed by atoms with E-state index in [0.717, 1.165) is 43.3 Å². The van der Waals surface area contributed by atoms with Crippen LogP contribution in [0.2, 0.25) is 5.02 Å². The van der Waals surface area contributed by atoms with Crippen molar-refractivity contribution in [1.29, 1.82) is 0 Å². The Morgan fingerprint density at radius 2 is 2.26 bits per heavy atom. The predicted octanol–water partition coefficient (Wildman–Crippen LogP) is 3.04. The molecule has 0 amide bonds. The van der Waals surface area contributed by atoms with Crippen molar-refractivity contribution in [2.75, 3.05) is 33.4 Å². The third kappa shape index (κ3) is 4.18. The molecule has 19 heavy (non-hydrogen) atoms. The quantitative estimate of drug-likeness (QED) is 0.814. The molecule has 1 fully saturated rings. The summed E-state index contributed by atoms with van der Waals surface area (Å²) in [5.74, 6) is 0.477. The largest absolute Gasteiger partial charge is 0.383 e. The van der Waals surface area contributed by atoms with E-state index in [1.54, 1.807) is 7.11 Å². The summed E-state index contributed by atoms with van der Waals surface area (Å²) in [5, 5.41) is 4.23. The van der Waals surface area contributed by atoms with E-state index in [4.69, 9.17) is 21.1 Å². The molecule has 1 saturated heterocycles. The number of halogens is 1. The summed E-state index contributed by atoms with van der Waals surface area (Å²) in [6, 6.07) is 7.99. The minimum atomic E-state index is 0.109. The van der Waals surface area contributed by atoms with Gasteiger partial charge in [-0.15, -0.1) is 0 Å². The van der Waals surface area contributed by atoms with Crippen LogP contribution in [0.25, 0.3) is 0 Å². The number of hydrogen-bond donors (Lipinski definition) is 1. The highest BCUT2D eigenvalue weighted by Gasteiger charge is 2.28. The molecule has 0 aromatic heterocycles. The van der Waals surface area contributed by atoms with Gasteiger partial charge in [0.2, 0.25) is 0 Å². The first kappa shape index (κ1) is 14.8. The SMILES string of the molecule is COCCNCC1CCCOC1c1ccccc1Cl. The Balaban J connectivity index is 1.98. The fourth-order valence-electron chi connectivity index (χ4n) is 2.56. The normalized spacial score (nSPS) is 23.5. The molecular weight excluding hydrogens is 262 g/mol.